The van der Waals surface area contributed by atoms with Crippen molar-refractivity contribution in [3.63, 3.8) is 0 Å². The number of allylic oxidation sites excluding steroid dienone is 15. The fourth-order valence-corrected chi connectivity index (χ4v) is 9.06. The number of carbonyl (C=O) groups excluding carboxylic acids is 2. The van der Waals surface area contributed by atoms with Crippen molar-refractivity contribution in [2.45, 2.75) is 294 Å². The number of aliphatic hydroxyl groups excluding tert-OH is 5. The SMILES string of the molecule is CC/C=C\C/C=C\C/C=C\C/C=C\C/C=C\C/C=C\CCCCCCC(=O)OC1C(OCC(NC(=O)C(O)CCCC/C=C\CCCCCCCC)C(O)/C=C/CCCCCCCCCCCCC)OC(CO)C(O)C1O. The molecule has 0 aromatic heterocycles. The van der Waals surface area contributed by atoms with Crippen LogP contribution in [0.25, 0.3) is 0 Å². The van der Waals surface area contributed by atoms with Crippen LogP contribution in [0, 0.1) is 0 Å². The van der Waals surface area contributed by atoms with E-state index in [1.807, 2.05) is 6.08 Å². The summed E-state index contributed by atoms with van der Waals surface area (Å²) >= 11 is 0. The minimum atomic E-state index is -1.63. The molecule has 0 aromatic carbocycles. The van der Waals surface area contributed by atoms with Crippen LogP contribution in [0.4, 0.5) is 0 Å². The van der Waals surface area contributed by atoms with Crippen molar-refractivity contribution in [2.24, 2.45) is 0 Å². The highest BCUT2D eigenvalue weighted by Crippen LogP contribution is 2.26. The van der Waals surface area contributed by atoms with Crippen molar-refractivity contribution >= 4 is 11.9 Å². The molecule has 1 fully saturated rings. The Morgan fingerprint density at radius 3 is 1.42 bits per heavy atom. The highest BCUT2D eigenvalue weighted by atomic mass is 16.7. The molecule has 0 bridgehead atoms. The number of ether oxygens (including phenoxy) is 3. The van der Waals surface area contributed by atoms with Gasteiger partial charge in [-0.3, -0.25) is 9.59 Å². The maximum absolute atomic E-state index is 13.4. The third-order valence-electron chi connectivity index (χ3n) is 14.0. The third kappa shape index (κ3) is 41.3. The molecular weight excluding hydrogens is 967 g/mol. The molecule has 1 aliphatic heterocycles. The largest absolute Gasteiger partial charge is 0.454 e. The van der Waals surface area contributed by atoms with Gasteiger partial charge in [-0.25, -0.2) is 0 Å². The van der Waals surface area contributed by atoms with E-state index < -0.39 is 67.4 Å². The molecule has 77 heavy (non-hydrogen) atoms. The van der Waals surface area contributed by atoms with Crippen LogP contribution in [0.1, 0.15) is 245 Å². The van der Waals surface area contributed by atoms with E-state index in [9.17, 15) is 35.1 Å². The molecule has 1 aliphatic rings. The highest BCUT2D eigenvalue weighted by molar-refractivity contribution is 5.80. The van der Waals surface area contributed by atoms with Gasteiger partial charge in [-0.15, -0.1) is 0 Å². The Balaban J connectivity index is 2.69. The highest BCUT2D eigenvalue weighted by Gasteiger charge is 2.47. The van der Waals surface area contributed by atoms with Gasteiger partial charge in [-0.2, -0.15) is 0 Å². The van der Waals surface area contributed by atoms with E-state index in [0.717, 1.165) is 103 Å². The second kappa shape index (κ2) is 53.2. The predicted octanol–water partition coefficient (Wildman–Crippen LogP) is 14.7. The first-order chi connectivity index (χ1) is 37.7. The Kier molecular flexibility index (Phi) is 49.5. The molecule has 0 spiro atoms. The molecule has 0 radical (unpaired) electrons. The number of aliphatic hydroxyl groups is 5. The fourth-order valence-electron chi connectivity index (χ4n) is 9.06. The molecule has 1 heterocycles. The molecule has 11 heteroatoms. The summed E-state index contributed by atoms with van der Waals surface area (Å²) in [6.45, 7) is 5.63. The lowest BCUT2D eigenvalue weighted by Gasteiger charge is -2.41. The lowest BCUT2D eigenvalue weighted by Crippen LogP contribution is -2.61. The van der Waals surface area contributed by atoms with Gasteiger partial charge in [0.1, 0.15) is 24.4 Å². The van der Waals surface area contributed by atoms with Crippen molar-refractivity contribution in [3.05, 3.63) is 97.2 Å². The normalized spacial score (nSPS) is 19.7. The molecule has 6 N–H and O–H groups in total. The number of hydrogen-bond acceptors (Lipinski definition) is 10. The number of unbranched alkanes of at least 4 members (excludes halogenated alkanes) is 23. The standard InChI is InChI=1S/C66H113NO10/c1-4-7-10-13-16-19-22-25-26-27-28-29-30-31-32-33-34-36-39-42-45-48-51-54-61(71)77-64-63(73)62(72)60(55-68)76-66(64)75-56-57(58(69)52-49-46-43-40-38-35-23-20-17-14-11-8-5-2)67-65(74)59(70)53-50-47-44-41-37-24-21-18-15-12-9-6-3/h7,10,16,19,25-26,28-29,31-32,34,36-37,41,49,52,57-60,62-64,66,68-70,72-73H,4-6,8-9,11-15,17-18,20-24,27,30,33,35,38-40,42-48,50-51,53-56H2,1-3H3,(H,67,74)/b10-7-,19-16-,26-25-,29-28-,32-31-,36-34-,41-37-,52-49+. The van der Waals surface area contributed by atoms with Crippen LogP contribution < -0.4 is 5.32 Å². The molecule has 0 aromatic rings. The second-order valence-corrected chi connectivity index (χ2v) is 21.0. The lowest BCUT2D eigenvalue weighted by atomic mass is 9.99. The number of amides is 1. The fraction of sp³-hybridized carbons (Fsp3) is 0.727. The van der Waals surface area contributed by atoms with E-state index in [1.54, 1.807) is 6.08 Å². The Morgan fingerprint density at radius 2 is 0.935 bits per heavy atom. The molecule has 8 atom stereocenters. The smallest absolute Gasteiger partial charge is 0.306 e. The molecule has 0 aliphatic carbocycles. The monoisotopic (exact) mass is 1080 g/mol. The van der Waals surface area contributed by atoms with Crippen LogP contribution in [0.2, 0.25) is 0 Å². The minimum Gasteiger partial charge on any atom is -0.454 e. The molecule has 11 nitrogen and oxygen atoms in total. The van der Waals surface area contributed by atoms with E-state index in [1.165, 1.54) is 96.3 Å². The first-order valence-corrected chi connectivity index (χ1v) is 31.0. The van der Waals surface area contributed by atoms with Crippen LogP contribution in [-0.4, -0.2) is 99.6 Å². The quantitative estimate of drug-likeness (QED) is 0.0195. The number of carbonyl (C=O) groups is 2. The Bertz CT molecular complexity index is 1620. The van der Waals surface area contributed by atoms with Gasteiger partial charge in [0.05, 0.1) is 25.4 Å². The molecule has 8 unspecified atom stereocenters. The first kappa shape index (κ1) is 71.6. The van der Waals surface area contributed by atoms with Crippen LogP contribution in [0.15, 0.2) is 97.2 Å². The maximum atomic E-state index is 13.4. The van der Waals surface area contributed by atoms with Gasteiger partial charge in [0, 0.05) is 6.42 Å². The number of hydrogen-bond donors (Lipinski definition) is 6. The second-order valence-electron chi connectivity index (χ2n) is 21.0. The van der Waals surface area contributed by atoms with Crippen LogP contribution in [0.5, 0.6) is 0 Å². The summed E-state index contributed by atoms with van der Waals surface area (Å²) < 4.78 is 17.6. The molecule has 1 rings (SSSR count). The number of esters is 1. The average Bonchev–Trinajstić information content (AvgIpc) is 3.43. The summed E-state index contributed by atoms with van der Waals surface area (Å²) in [6, 6.07) is -1.04. The van der Waals surface area contributed by atoms with Gasteiger partial charge in [0.25, 0.3) is 0 Å². The van der Waals surface area contributed by atoms with E-state index in [4.69, 9.17) is 14.2 Å². The van der Waals surface area contributed by atoms with Crippen molar-refractivity contribution < 1.29 is 49.3 Å². The lowest BCUT2D eigenvalue weighted by molar-refractivity contribution is -0.305. The molecular formula is C66H113NO10. The Hall–Kier alpha value is -3.42. The van der Waals surface area contributed by atoms with E-state index in [2.05, 4.69) is 111 Å². The average molecular weight is 1080 g/mol. The zero-order valence-electron chi connectivity index (χ0n) is 48.8. The van der Waals surface area contributed by atoms with Crippen molar-refractivity contribution in [1.82, 2.24) is 5.32 Å². The van der Waals surface area contributed by atoms with E-state index >= 15 is 0 Å². The molecule has 0 saturated carbocycles. The molecule has 1 saturated heterocycles. The summed E-state index contributed by atoms with van der Waals surface area (Å²) in [4.78, 5) is 26.5. The van der Waals surface area contributed by atoms with Gasteiger partial charge in [-0.05, 0) is 103 Å². The molecule has 1 amide bonds. The zero-order valence-corrected chi connectivity index (χ0v) is 48.8. The Morgan fingerprint density at radius 1 is 0.519 bits per heavy atom. The van der Waals surface area contributed by atoms with Gasteiger partial charge in [-0.1, -0.05) is 234 Å². The van der Waals surface area contributed by atoms with Crippen molar-refractivity contribution in [3.8, 4) is 0 Å². The van der Waals surface area contributed by atoms with Gasteiger partial charge in [0.2, 0.25) is 5.91 Å². The molecule has 442 valence electrons. The summed E-state index contributed by atoms with van der Waals surface area (Å²) in [7, 11) is 0. The van der Waals surface area contributed by atoms with Crippen LogP contribution in [-0.2, 0) is 23.8 Å². The minimum absolute atomic E-state index is 0.0874. The van der Waals surface area contributed by atoms with Gasteiger partial charge in [0.15, 0.2) is 12.4 Å². The summed E-state index contributed by atoms with van der Waals surface area (Å²) in [5.74, 6) is -1.24. The van der Waals surface area contributed by atoms with Crippen molar-refractivity contribution in [1.29, 1.82) is 0 Å². The first-order valence-electron chi connectivity index (χ1n) is 31.0. The van der Waals surface area contributed by atoms with Crippen molar-refractivity contribution in [2.75, 3.05) is 13.2 Å². The van der Waals surface area contributed by atoms with Gasteiger partial charge < -0.3 is 45.1 Å². The number of nitrogens with one attached hydrogen (secondary N) is 1. The summed E-state index contributed by atoms with van der Waals surface area (Å²) in [5, 5.41) is 56.9. The Labute approximate surface area is 469 Å². The van der Waals surface area contributed by atoms with Crippen LogP contribution >= 0.6 is 0 Å². The zero-order chi connectivity index (χ0) is 56.1. The topological polar surface area (TPSA) is 175 Å². The van der Waals surface area contributed by atoms with E-state index in [0.29, 0.717) is 12.8 Å². The maximum Gasteiger partial charge on any atom is 0.306 e. The summed E-state index contributed by atoms with van der Waals surface area (Å²) in [5.41, 5.74) is 0. The van der Waals surface area contributed by atoms with Gasteiger partial charge >= 0.3 is 5.97 Å². The predicted molar refractivity (Wildman–Crippen MR) is 319 cm³/mol. The third-order valence-corrected chi connectivity index (χ3v) is 14.0. The van der Waals surface area contributed by atoms with E-state index in [-0.39, 0.29) is 19.4 Å². The van der Waals surface area contributed by atoms with Crippen LogP contribution in [0.3, 0.4) is 0 Å². The summed E-state index contributed by atoms with van der Waals surface area (Å²) in [6.07, 6.45) is 60.2. The number of rotatable bonds is 51.